The Morgan fingerprint density at radius 2 is 2.11 bits per heavy atom. The highest BCUT2D eigenvalue weighted by atomic mass is 16.5. The van der Waals surface area contributed by atoms with Gasteiger partial charge in [-0.1, -0.05) is 13.8 Å². The van der Waals surface area contributed by atoms with Gasteiger partial charge in [0.25, 0.3) is 0 Å². The fraction of sp³-hybridized carbons (Fsp3) is 1.00. The first kappa shape index (κ1) is 8.92. The lowest BCUT2D eigenvalue weighted by Crippen LogP contribution is -2.13. The highest BCUT2D eigenvalue weighted by Gasteiger charge is 1.97. The van der Waals surface area contributed by atoms with E-state index in [1.807, 2.05) is 6.92 Å². The summed E-state index contributed by atoms with van der Waals surface area (Å²) in [5.74, 6) is 0. The molecule has 2 heteroatoms. The second-order valence-electron chi connectivity index (χ2n) is 2.14. The Kier molecular flexibility index (Phi) is 5.99. The molecule has 0 aliphatic carbocycles. The molecule has 9 heavy (non-hydrogen) atoms. The lowest BCUT2D eigenvalue weighted by atomic mass is 10.3. The molecule has 1 atom stereocenters. The molecule has 0 aliphatic heterocycles. The normalized spacial score (nSPS) is 13.7. The van der Waals surface area contributed by atoms with Gasteiger partial charge in [0.15, 0.2) is 0 Å². The Morgan fingerprint density at radius 1 is 1.44 bits per heavy atom. The van der Waals surface area contributed by atoms with E-state index in [2.05, 4.69) is 6.92 Å². The number of hydrogen-bond acceptors (Lipinski definition) is 2. The van der Waals surface area contributed by atoms with Crippen molar-refractivity contribution < 1.29 is 9.84 Å². The highest BCUT2D eigenvalue weighted by molar-refractivity contribution is 4.47. The number of aliphatic hydroxyl groups is 1. The van der Waals surface area contributed by atoms with Crippen LogP contribution in [0.5, 0.6) is 0 Å². The van der Waals surface area contributed by atoms with Gasteiger partial charge in [-0.15, -0.1) is 0 Å². The molecule has 0 heterocycles. The molecule has 56 valence electrons. The predicted molar refractivity (Wildman–Crippen MR) is 37.4 cm³/mol. The van der Waals surface area contributed by atoms with Gasteiger partial charge in [0, 0.05) is 6.61 Å². The third-order valence-electron chi connectivity index (χ3n) is 1.13. The van der Waals surface area contributed by atoms with E-state index in [0.717, 1.165) is 19.4 Å². The van der Waals surface area contributed by atoms with Gasteiger partial charge in [-0.25, -0.2) is 0 Å². The number of ether oxygens (including phenoxy) is 1. The van der Waals surface area contributed by atoms with Crippen LogP contribution in [0.15, 0.2) is 0 Å². The second-order valence-corrected chi connectivity index (χ2v) is 2.14. The minimum Gasteiger partial charge on any atom is -0.391 e. The van der Waals surface area contributed by atoms with E-state index in [9.17, 15) is 0 Å². The first-order chi connectivity index (χ1) is 4.31. The minimum atomic E-state index is -0.267. The SMILES string of the molecule is CCCOC[C@@H](O)CC. The summed E-state index contributed by atoms with van der Waals surface area (Å²) in [6, 6.07) is 0. The fourth-order valence-corrected chi connectivity index (χ4v) is 0.482. The van der Waals surface area contributed by atoms with Gasteiger partial charge in [0.05, 0.1) is 12.7 Å². The first-order valence-electron chi connectivity index (χ1n) is 3.57. The van der Waals surface area contributed by atoms with Crippen LogP contribution in [0, 0.1) is 0 Å². The van der Waals surface area contributed by atoms with Crippen LogP contribution in [0.25, 0.3) is 0 Å². The molecule has 2 nitrogen and oxygen atoms in total. The Bertz CT molecular complexity index is 54.9. The summed E-state index contributed by atoms with van der Waals surface area (Å²) in [6.45, 7) is 5.25. The average Bonchev–Trinajstić information content (AvgIpc) is 1.89. The number of aliphatic hydroxyl groups excluding tert-OH is 1. The zero-order valence-electron chi connectivity index (χ0n) is 6.26. The molecule has 0 saturated carbocycles. The maximum atomic E-state index is 8.96. The van der Waals surface area contributed by atoms with Crippen LogP contribution in [0.4, 0.5) is 0 Å². The molecule has 0 bridgehead atoms. The second kappa shape index (κ2) is 6.05. The molecule has 0 aromatic carbocycles. The molecule has 0 saturated heterocycles. The maximum Gasteiger partial charge on any atom is 0.0771 e. The van der Waals surface area contributed by atoms with Crippen LogP contribution in [0.3, 0.4) is 0 Å². The molecule has 0 aliphatic rings. The molecule has 1 N–H and O–H groups in total. The van der Waals surface area contributed by atoms with E-state index in [-0.39, 0.29) is 6.10 Å². The van der Waals surface area contributed by atoms with Gasteiger partial charge in [0.1, 0.15) is 0 Å². The number of hydrogen-bond donors (Lipinski definition) is 1. The van der Waals surface area contributed by atoms with Crippen molar-refractivity contribution in [3.8, 4) is 0 Å². The van der Waals surface area contributed by atoms with Crippen molar-refractivity contribution in [1.29, 1.82) is 0 Å². The van der Waals surface area contributed by atoms with Crippen molar-refractivity contribution in [2.45, 2.75) is 32.8 Å². The summed E-state index contributed by atoms with van der Waals surface area (Å²) in [4.78, 5) is 0. The van der Waals surface area contributed by atoms with Crippen LogP contribution in [-0.4, -0.2) is 24.4 Å². The highest BCUT2D eigenvalue weighted by Crippen LogP contribution is 1.90. The van der Waals surface area contributed by atoms with Gasteiger partial charge in [-0.05, 0) is 12.8 Å². The summed E-state index contributed by atoms with van der Waals surface area (Å²) in [5, 5.41) is 8.96. The Labute approximate surface area is 56.8 Å². The molecule has 0 spiro atoms. The standard InChI is InChI=1S/C7H16O2/c1-3-5-9-6-7(8)4-2/h7-8H,3-6H2,1-2H3/t7-/m0/s1. The quantitative estimate of drug-likeness (QED) is 0.569. The monoisotopic (exact) mass is 132 g/mol. The van der Waals surface area contributed by atoms with Crippen molar-refractivity contribution in [2.24, 2.45) is 0 Å². The summed E-state index contributed by atoms with van der Waals surface area (Å²) in [5.41, 5.74) is 0. The van der Waals surface area contributed by atoms with Crippen molar-refractivity contribution in [1.82, 2.24) is 0 Å². The van der Waals surface area contributed by atoms with Gasteiger partial charge < -0.3 is 9.84 Å². The average molecular weight is 132 g/mol. The van der Waals surface area contributed by atoms with E-state index in [1.165, 1.54) is 0 Å². The third-order valence-corrected chi connectivity index (χ3v) is 1.13. The first-order valence-corrected chi connectivity index (χ1v) is 3.57. The zero-order chi connectivity index (χ0) is 7.11. The summed E-state index contributed by atoms with van der Waals surface area (Å²) >= 11 is 0. The number of rotatable bonds is 5. The van der Waals surface area contributed by atoms with E-state index in [1.54, 1.807) is 0 Å². The predicted octanol–water partition coefficient (Wildman–Crippen LogP) is 1.18. The molecule has 0 radical (unpaired) electrons. The van der Waals surface area contributed by atoms with Crippen LogP contribution >= 0.6 is 0 Å². The Hall–Kier alpha value is -0.0800. The Balaban J connectivity index is 2.88. The molecule has 0 amide bonds. The largest absolute Gasteiger partial charge is 0.391 e. The molecule has 0 fully saturated rings. The lowest BCUT2D eigenvalue weighted by Gasteiger charge is -2.06. The van der Waals surface area contributed by atoms with Gasteiger partial charge in [-0.3, -0.25) is 0 Å². The van der Waals surface area contributed by atoms with E-state index in [0.29, 0.717) is 6.61 Å². The summed E-state index contributed by atoms with van der Waals surface area (Å²) in [6.07, 6.45) is 1.54. The van der Waals surface area contributed by atoms with Crippen molar-refractivity contribution in [3.05, 3.63) is 0 Å². The summed E-state index contributed by atoms with van der Waals surface area (Å²) in [7, 11) is 0. The topological polar surface area (TPSA) is 29.5 Å². The molecule has 0 aromatic rings. The molecule has 0 rings (SSSR count). The van der Waals surface area contributed by atoms with Crippen molar-refractivity contribution in [3.63, 3.8) is 0 Å². The third kappa shape index (κ3) is 5.80. The fourth-order valence-electron chi connectivity index (χ4n) is 0.482. The van der Waals surface area contributed by atoms with Gasteiger partial charge in [0.2, 0.25) is 0 Å². The smallest absolute Gasteiger partial charge is 0.0771 e. The van der Waals surface area contributed by atoms with Crippen LogP contribution in [0.1, 0.15) is 26.7 Å². The minimum absolute atomic E-state index is 0.267. The van der Waals surface area contributed by atoms with Crippen molar-refractivity contribution in [2.75, 3.05) is 13.2 Å². The molecule has 0 unspecified atom stereocenters. The zero-order valence-corrected chi connectivity index (χ0v) is 6.26. The van der Waals surface area contributed by atoms with Gasteiger partial charge in [-0.2, -0.15) is 0 Å². The molecule has 0 aromatic heterocycles. The molecular formula is C7H16O2. The van der Waals surface area contributed by atoms with E-state index >= 15 is 0 Å². The Morgan fingerprint density at radius 3 is 2.56 bits per heavy atom. The maximum absolute atomic E-state index is 8.96. The van der Waals surface area contributed by atoms with E-state index < -0.39 is 0 Å². The lowest BCUT2D eigenvalue weighted by molar-refractivity contribution is 0.0354. The molecular weight excluding hydrogens is 116 g/mol. The van der Waals surface area contributed by atoms with Crippen LogP contribution < -0.4 is 0 Å². The van der Waals surface area contributed by atoms with E-state index in [4.69, 9.17) is 9.84 Å². The van der Waals surface area contributed by atoms with Crippen LogP contribution in [0.2, 0.25) is 0 Å². The van der Waals surface area contributed by atoms with Gasteiger partial charge >= 0.3 is 0 Å². The van der Waals surface area contributed by atoms with Crippen LogP contribution in [-0.2, 0) is 4.74 Å². The van der Waals surface area contributed by atoms with Crippen molar-refractivity contribution >= 4 is 0 Å². The summed E-state index contributed by atoms with van der Waals surface area (Å²) < 4.78 is 5.09.